The van der Waals surface area contributed by atoms with Gasteiger partial charge in [-0.1, -0.05) is 19.4 Å². The molecule has 0 unspecified atom stereocenters. The average molecular weight is 452 g/mol. The topological polar surface area (TPSA) is 120 Å². The molecule has 31 heavy (non-hydrogen) atoms. The number of unbranched alkanes of at least 4 members (excludes halogenated alkanes) is 1. The van der Waals surface area contributed by atoms with E-state index in [0.29, 0.717) is 56.0 Å². The Bertz CT molecular complexity index is 1070. The molecule has 1 aliphatic heterocycles. The average Bonchev–Trinajstić information content (AvgIpc) is 2.77. The molecule has 0 radical (unpaired) electrons. The Balaban J connectivity index is 2.33. The summed E-state index contributed by atoms with van der Waals surface area (Å²) < 4.78 is 38.9. The van der Waals surface area contributed by atoms with Crippen LogP contribution < -0.4 is 20.3 Å². The van der Waals surface area contributed by atoms with E-state index in [-0.39, 0.29) is 5.82 Å². The number of aryl methyl sites for hydroxylation is 1. The van der Waals surface area contributed by atoms with Crippen LogP contribution >= 0.6 is 0 Å². The highest BCUT2D eigenvalue weighted by molar-refractivity contribution is 7.92. The maximum Gasteiger partial charge on any atom is 0.295 e. The van der Waals surface area contributed by atoms with E-state index in [2.05, 4.69) is 10.3 Å². The molecule has 10 heteroatoms. The van der Waals surface area contributed by atoms with Gasteiger partial charge in [-0.25, -0.2) is 8.42 Å². The number of nitrogens with one attached hydrogen (secondary N) is 1. The molecular weight excluding hydrogens is 422 g/mol. The second-order valence-corrected chi connectivity index (χ2v) is 9.60. The fourth-order valence-electron chi connectivity index (χ4n) is 3.85. The smallest absolute Gasteiger partial charge is 0.295 e. The van der Waals surface area contributed by atoms with E-state index in [9.17, 15) is 18.3 Å². The van der Waals surface area contributed by atoms with Gasteiger partial charge in [0.1, 0.15) is 23.0 Å². The molecule has 2 heterocycles. The maximum absolute atomic E-state index is 13.3. The number of benzene rings is 1. The molecule has 0 spiro atoms. The van der Waals surface area contributed by atoms with Gasteiger partial charge in [0.05, 0.1) is 19.5 Å². The van der Waals surface area contributed by atoms with E-state index in [4.69, 9.17) is 9.47 Å². The molecule has 0 saturated carbocycles. The van der Waals surface area contributed by atoms with E-state index in [1.54, 1.807) is 18.2 Å². The lowest BCUT2D eigenvalue weighted by Crippen LogP contribution is -2.38. The zero-order valence-corrected chi connectivity index (χ0v) is 18.9. The molecule has 1 fully saturated rings. The van der Waals surface area contributed by atoms with Crippen molar-refractivity contribution in [1.82, 2.24) is 14.9 Å². The van der Waals surface area contributed by atoms with Gasteiger partial charge in [0, 0.05) is 6.42 Å². The minimum absolute atomic E-state index is 0.247. The summed E-state index contributed by atoms with van der Waals surface area (Å²) in [4.78, 5) is 16.3. The number of ether oxygens (including phenoxy) is 2. The first-order valence-electron chi connectivity index (χ1n) is 10.4. The SMILES string of the molecule is CCCCc1nc(=O)c(S(=O)(=O)C2CCNCC2)c(O)n1-c1c(OC)cccc1OC. The van der Waals surface area contributed by atoms with Crippen LogP contribution in [-0.4, -0.2) is 55.6 Å². The molecule has 1 aromatic heterocycles. The quantitative estimate of drug-likeness (QED) is 0.624. The fourth-order valence-corrected chi connectivity index (χ4v) is 5.67. The Morgan fingerprint density at radius 2 is 1.81 bits per heavy atom. The van der Waals surface area contributed by atoms with E-state index < -0.39 is 31.4 Å². The molecule has 1 saturated heterocycles. The van der Waals surface area contributed by atoms with Gasteiger partial charge >= 0.3 is 0 Å². The first kappa shape index (κ1) is 23.1. The van der Waals surface area contributed by atoms with Crippen LogP contribution in [0.1, 0.15) is 38.4 Å². The lowest BCUT2D eigenvalue weighted by molar-refractivity contribution is 0.373. The molecule has 0 aliphatic carbocycles. The van der Waals surface area contributed by atoms with Gasteiger partial charge in [0.15, 0.2) is 14.7 Å². The summed E-state index contributed by atoms with van der Waals surface area (Å²) in [7, 11) is -1.17. The molecule has 2 N–H and O–H groups in total. The number of hydrogen-bond donors (Lipinski definition) is 2. The van der Waals surface area contributed by atoms with E-state index in [1.807, 2.05) is 6.92 Å². The molecule has 1 aromatic carbocycles. The van der Waals surface area contributed by atoms with Crippen molar-refractivity contribution < 1.29 is 23.0 Å². The first-order valence-corrected chi connectivity index (χ1v) is 11.9. The standard InChI is InChI=1S/C21H29N3O6S/c1-4-5-9-17-23-20(25)19(31(27,28)14-10-12-22-13-11-14)21(26)24(17)18-15(29-2)7-6-8-16(18)30-3/h6-8,14,22,26H,4-5,9-13H2,1-3H3. The van der Waals surface area contributed by atoms with E-state index in [1.165, 1.54) is 18.8 Å². The van der Waals surface area contributed by atoms with Crippen LogP contribution in [-0.2, 0) is 16.3 Å². The van der Waals surface area contributed by atoms with Gasteiger partial charge in [-0.2, -0.15) is 4.98 Å². The highest BCUT2D eigenvalue weighted by Gasteiger charge is 2.36. The molecule has 170 valence electrons. The molecule has 0 bridgehead atoms. The van der Waals surface area contributed by atoms with Crippen LogP contribution in [0, 0.1) is 0 Å². The van der Waals surface area contributed by atoms with Crippen LogP contribution in [0.5, 0.6) is 17.4 Å². The van der Waals surface area contributed by atoms with Crippen molar-refractivity contribution in [2.45, 2.75) is 49.2 Å². The van der Waals surface area contributed by atoms with Gasteiger partial charge in [-0.3, -0.25) is 9.36 Å². The van der Waals surface area contributed by atoms with Gasteiger partial charge in [-0.15, -0.1) is 0 Å². The number of sulfone groups is 1. The van der Waals surface area contributed by atoms with Crippen molar-refractivity contribution >= 4 is 9.84 Å². The van der Waals surface area contributed by atoms with Crippen LogP contribution in [0.2, 0.25) is 0 Å². The second kappa shape index (κ2) is 9.69. The fraction of sp³-hybridized carbons (Fsp3) is 0.524. The first-order chi connectivity index (χ1) is 14.9. The monoisotopic (exact) mass is 451 g/mol. The lowest BCUT2D eigenvalue weighted by atomic mass is 10.2. The summed E-state index contributed by atoms with van der Waals surface area (Å²) in [6.45, 7) is 3.05. The summed E-state index contributed by atoms with van der Waals surface area (Å²) in [6.07, 6.45) is 2.61. The van der Waals surface area contributed by atoms with E-state index in [0.717, 1.165) is 6.42 Å². The van der Waals surface area contributed by atoms with Gasteiger partial charge in [0.2, 0.25) is 5.88 Å². The number of aromatic nitrogens is 2. The minimum atomic E-state index is -4.10. The third-order valence-corrected chi connectivity index (χ3v) is 7.76. The predicted octanol–water partition coefficient (Wildman–Crippen LogP) is 1.82. The summed E-state index contributed by atoms with van der Waals surface area (Å²) in [5, 5.41) is 13.6. The zero-order chi connectivity index (χ0) is 22.6. The van der Waals surface area contributed by atoms with Crippen molar-refractivity contribution in [2.24, 2.45) is 0 Å². The Morgan fingerprint density at radius 1 is 1.19 bits per heavy atom. The molecule has 1 aliphatic rings. The van der Waals surface area contributed by atoms with Crippen molar-refractivity contribution in [3.05, 3.63) is 34.4 Å². The molecule has 2 aromatic rings. The summed E-state index contributed by atoms with van der Waals surface area (Å²) in [6, 6.07) is 5.05. The Morgan fingerprint density at radius 3 is 2.35 bits per heavy atom. The Labute approximate surface area is 182 Å². The Kier molecular flexibility index (Phi) is 7.22. The lowest BCUT2D eigenvalue weighted by Gasteiger charge is -2.24. The van der Waals surface area contributed by atoms with Crippen molar-refractivity contribution in [2.75, 3.05) is 27.3 Å². The van der Waals surface area contributed by atoms with Crippen LogP contribution in [0.25, 0.3) is 5.69 Å². The highest BCUT2D eigenvalue weighted by Crippen LogP contribution is 2.38. The summed E-state index contributed by atoms with van der Waals surface area (Å²) in [5.41, 5.74) is -0.641. The van der Waals surface area contributed by atoms with Crippen molar-refractivity contribution in [3.8, 4) is 23.1 Å². The summed E-state index contributed by atoms with van der Waals surface area (Å²) in [5.74, 6) is 0.287. The molecule has 9 nitrogen and oxygen atoms in total. The number of aromatic hydroxyl groups is 1. The largest absolute Gasteiger partial charge is 0.494 e. The third kappa shape index (κ3) is 4.40. The maximum atomic E-state index is 13.3. The summed E-state index contributed by atoms with van der Waals surface area (Å²) >= 11 is 0. The molecule has 0 atom stereocenters. The highest BCUT2D eigenvalue weighted by atomic mass is 32.2. The molecule has 3 rings (SSSR count). The van der Waals surface area contributed by atoms with Crippen molar-refractivity contribution in [3.63, 3.8) is 0 Å². The van der Waals surface area contributed by atoms with E-state index >= 15 is 0 Å². The Hall–Kier alpha value is -2.59. The number of para-hydroxylation sites is 1. The number of piperidine rings is 1. The van der Waals surface area contributed by atoms with Gasteiger partial charge < -0.3 is 19.9 Å². The molecule has 0 amide bonds. The zero-order valence-electron chi connectivity index (χ0n) is 18.1. The van der Waals surface area contributed by atoms with Crippen LogP contribution in [0.4, 0.5) is 0 Å². The molecular formula is C21H29N3O6S. The predicted molar refractivity (Wildman–Crippen MR) is 116 cm³/mol. The number of rotatable bonds is 8. The van der Waals surface area contributed by atoms with Gasteiger partial charge in [0.25, 0.3) is 5.56 Å². The number of nitrogens with zero attached hydrogens (tertiary/aromatic N) is 2. The van der Waals surface area contributed by atoms with Crippen LogP contribution in [0.15, 0.2) is 27.9 Å². The van der Waals surface area contributed by atoms with Crippen LogP contribution in [0.3, 0.4) is 0 Å². The second-order valence-electron chi connectivity index (χ2n) is 7.43. The third-order valence-electron chi connectivity index (χ3n) is 5.49. The normalized spacial score (nSPS) is 15.1. The van der Waals surface area contributed by atoms with Crippen molar-refractivity contribution in [1.29, 1.82) is 0 Å². The number of hydrogen-bond acceptors (Lipinski definition) is 8. The minimum Gasteiger partial charge on any atom is -0.494 e. The number of methoxy groups -OCH3 is 2. The van der Waals surface area contributed by atoms with Gasteiger partial charge in [-0.05, 0) is 44.5 Å².